The molecule has 0 spiro atoms. The molecule has 0 saturated heterocycles. The third kappa shape index (κ3) is 2.42. The predicted octanol–water partition coefficient (Wildman–Crippen LogP) is 3.27. The van der Waals surface area contributed by atoms with E-state index in [9.17, 15) is 5.11 Å². The van der Waals surface area contributed by atoms with E-state index in [4.69, 9.17) is 5.11 Å². The molecule has 2 rings (SSSR count). The summed E-state index contributed by atoms with van der Waals surface area (Å²) in [5.41, 5.74) is 1.75. The van der Waals surface area contributed by atoms with E-state index in [1.807, 2.05) is 42.5 Å². The van der Waals surface area contributed by atoms with E-state index < -0.39 is 0 Å². The summed E-state index contributed by atoms with van der Waals surface area (Å²) in [5.74, 6) is 0.140. The van der Waals surface area contributed by atoms with Crippen molar-refractivity contribution in [3.8, 4) is 11.5 Å². The van der Waals surface area contributed by atoms with Gasteiger partial charge in [-0.3, -0.25) is 0 Å². The minimum absolute atomic E-state index is 0.0642. The van der Waals surface area contributed by atoms with Gasteiger partial charge in [0.25, 0.3) is 0 Å². The highest BCUT2D eigenvalue weighted by atomic mass is 16.3. The molecule has 0 fully saturated rings. The lowest BCUT2D eigenvalue weighted by atomic mass is 10.1. The van der Waals surface area contributed by atoms with Crippen molar-refractivity contribution in [2.75, 3.05) is 0 Å². The lowest BCUT2D eigenvalue weighted by Gasteiger charge is -1.99. The minimum atomic E-state index is 0.0642. The molecule has 16 heavy (non-hydrogen) atoms. The Hall–Kier alpha value is -2.22. The Morgan fingerprint density at radius 3 is 2.25 bits per heavy atom. The van der Waals surface area contributed by atoms with Crippen LogP contribution in [0, 0.1) is 0 Å². The zero-order valence-corrected chi connectivity index (χ0v) is 8.67. The van der Waals surface area contributed by atoms with Crippen LogP contribution in [0.15, 0.2) is 48.5 Å². The van der Waals surface area contributed by atoms with Crippen molar-refractivity contribution in [2.24, 2.45) is 0 Å². The average molecular weight is 212 g/mol. The van der Waals surface area contributed by atoms with Crippen molar-refractivity contribution in [1.29, 1.82) is 0 Å². The minimum Gasteiger partial charge on any atom is -0.508 e. The van der Waals surface area contributed by atoms with Crippen molar-refractivity contribution >= 4 is 12.2 Å². The monoisotopic (exact) mass is 212 g/mol. The van der Waals surface area contributed by atoms with E-state index >= 15 is 0 Å². The van der Waals surface area contributed by atoms with Gasteiger partial charge < -0.3 is 10.2 Å². The maximum Gasteiger partial charge on any atom is 0.126 e. The van der Waals surface area contributed by atoms with Crippen LogP contribution in [0.5, 0.6) is 11.5 Å². The van der Waals surface area contributed by atoms with Gasteiger partial charge in [0.1, 0.15) is 11.5 Å². The Balaban J connectivity index is 2.24. The van der Waals surface area contributed by atoms with Gasteiger partial charge in [-0.2, -0.15) is 0 Å². The first-order chi connectivity index (χ1) is 7.75. The Kier molecular flexibility index (Phi) is 2.92. The second-order valence-electron chi connectivity index (χ2n) is 3.49. The molecule has 0 heterocycles. The summed E-state index contributed by atoms with van der Waals surface area (Å²) >= 11 is 0. The average Bonchev–Trinajstić information content (AvgIpc) is 2.29. The van der Waals surface area contributed by atoms with E-state index in [1.54, 1.807) is 12.1 Å². The third-order valence-corrected chi connectivity index (χ3v) is 2.27. The van der Waals surface area contributed by atoms with Gasteiger partial charge in [0, 0.05) is 11.6 Å². The summed E-state index contributed by atoms with van der Waals surface area (Å²) < 4.78 is 0. The van der Waals surface area contributed by atoms with Crippen LogP contribution in [-0.4, -0.2) is 10.2 Å². The zero-order valence-electron chi connectivity index (χ0n) is 8.67. The summed E-state index contributed by atoms with van der Waals surface area (Å²) in [6.07, 6.45) is 3.72. The summed E-state index contributed by atoms with van der Waals surface area (Å²) in [6.45, 7) is 0. The van der Waals surface area contributed by atoms with Crippen molar-refractivity contribution in [3.05, 3.63) is 59.7 Å². The third-order valence-electron chi connectivity index (χ3n) is 2.27. The maximum atomic E-state index is 9.56. The van der Waals surface area contributed by atoms with Gasteiger partial charge in [-0.1, -0.05) is 42.5 Å². The Morgan fingerprint density at radius 2 is 1.56 bits per heavy atom. The van der Waals surface area contributed by atoms with E-state index in [-0.39, 0.29) is 11.5 Å². The molecule has 0 saturated carbocycles. The lowest BCUT2D eigenvalue weighted by Crippen LogP contribution is -1.75. The summed E-state index contributed by atoms with van der Waals surface area (Å²) in [7, 11) is 0. The molecule has 2 heteroatoms. The quantitative estimate of drug-likeness (QED) is 0.750. The molecule has 0 amide bonds. The van der Waals surface area contributed by atoms with E-state index in [0.29, 0.717) is 5.56 Å². The number of phenolic OH excluding ortho intramolecular Hbond substituents is 2. The van der Waals surface area contributed by atoms with Gasteiger partial charge in [-0.15, -0.1) is 0 Å². The van der Waals surface area contributed by atoms with Crippen molar-refractivity contribution < 1.29 is 10.2 Å². The van der Waals surface area contributed by atoms with Gasteiger partial charge >= 0.3 is 0 Å². The molecule has 80 valence electrons. The first-order valence-corrected chi connectivity index (χ1v) is 5.01. The topological polar surface area (TPSA) is 40.5 Å². The van der Waals surface area contributed by atoms with E-state index in [1.165, 1.54) is 6.07 Å². The standard InChI is InChI=1S/C14H12O2/c15-13-9-8-12(14(16)10-13)7-6-11-4-2-1-3-5-11/h1-10,15-16H/b7-6+. The summed E-state index contributed by atoms with van der Waals surface area (Å²) in [6, 6.07) is 14.4. The molecule has 0 radical (unpaired) electrons. The van der Waals surface area contributed by atoms with Crippen molar-refractivity contribution in [2.45, 2.75) is 0 Å². The molecule has 0 unspecified atom stereocenters. The number of hydrogen-bond donors (Lipinski definition) is 2. The first kappa shape index (κ1) is 10.3. The van der Waals surface area contributed by atoms with Gasteiger partial charge in [0.2, 0.25) is 0 Å². The predicted molar refractivity (Wildman–Crippen MR) is 65.1 cm³/mol. The molecule has 2 N–H and O–H groups in total. The molecule has 0 aliphatic carbocycles. The highest BCUT2D eigenvalue weighted by Gasteiger charge is 1.97. The molecule has 2 nitrogen and oxygen atoms in total. The Bertz CT molecular complexity index is 501. The molecule has 0 aliphatic heterocycles. The largest absolute Gasteiger partial charge is 0.508 e. The van der Waals surface area contributed by atoms with Crippen LogP contribution < -0.4 is 0 Å². The van der Waals surface area contributed by atoms with Crippen molar-refractivity contribution in [3.63, 3.8) is 0 Å². The highest BCUT2D eigenvalue weighted by Crippen LogP contribution is 2.24. The first-order valence-electron chi connectivity index (χ1n) is 5.01. The second-order valence-corrected chi connectivity index (χ2v) is 3.49. The van der Waals surface area contributed by atoms with Crippen LogP contribution in [0.1, 0.15) is 11.1 Å². The molecule has 0 atom stereocenters. The fourth-order valence-electron chi connectivity index (χ4n) is 1.42. The van der Waals surface area contributed by atoms with Gasteiger partial charge in [0.05, 0.1) is 0 Å². The second kappa shape index (κ2) is 4.53. The van der Waals surface area contributed by atoms with Crippen LogP contribution in [0.2, 0.25) is 0 Å². The Morgan fingerprint density at radius 1 is 0.812 bits per heavy atom. The molecule has 2 aromatic carbocycles. The van der Waals surface area contributed by atoms with Crippen LogP contribution in [-0.2, 0) is 0 Å². The molecular weight excluding hydrogens is 200 g/mol. The number of benzene rings is 2. The molecular formula is C14H12O2. The SMILES string of the molecule is Oc1ccc(/C=C/c2ccccc2)c(O)c1. The zero-order chi connectivity index (χ0) is 11.4. The molecule has 0 aliphatic rings. The molecule has 0 aromatic heterocycles. The number of rotatable bonds is 2. The smallest absolute Gasteiger partial charge is 0.126 e. The van der Waals surface area contributed by atoms with Crippen LogP contribution in [0.3, 0.4) is 0 Å². The normalized spacial score (nSPS) is 10.8. The summed E-state index contributed by atoms with van der Waals surface area (Å²) in [5, 5.41) is 18.7. The summed E-state index contributed by atoms with van der Waals surface area (Å²) in [4.78, 5) is 0. The highest BCUT2D eigenvalue weighted by molar-refractivity contribution is 5.72. The van der Waals surface area contributed by atoms with E-state index in [2.05, 4.69) is 0 Å². The lowest BCUT2D eigenvalue weighted by molar-refractivity contribution is 0.450. The van der Waals surface area contributed by atoms with Crippen molar-refractivity contribution in [1.82, 2.24) is 0 Å². The van der Waals surface area contributed by atoms with Crippen LogP contribution in [0.4, 0.5) is 0 Å². The fraction of sp³-hybridized carbons (Fsp3) is 0. The molecule has 0 bridgehead atoms. The maximum absolute atomic E-state index is 9.56. The van der Waals surface area contributed by atoms with Gasteiger partial charge in [-0.25, -0.2) is 0 Å². The van der Waals surface area contributed by atoms with Crippen LogP contribution >= 0.6 is 0 Å². The van der Waals surface area contributed by atoms with Crippen LogP contribution in [0.25, 0.3) is 12.2 Å². The Labute approximate surface area is 94.1 Å². The molecule has 2 aromatic rings. The number of aromatic hydroxyl groups is 2. The fourth-order valence-corrected chi connectivity index (χ4v) is 1.42. The van der Waals surface area contributed by atoms with E-state index in [0.717, 1.165) is 5.56 Å². The number of phenols is 2. The van der Waals surface area contributed by atoms with Gasteiger partial charge in [-0.05, 0) is 17.7 Å². The number of hydrogen-bond acceptors (Lipinski definition) is 2. The van der Waals surface area contributed by atoms with Gasteiger partial charge in [0.15, 0.2) is 0 Å².